The maximum atomic E-state index is 13.4. The molecule has 0 spiro atoms. The van der Waals surface area contributed by atoms with Gasteiger partial charge in [0.05, 0.1) is 5.69 Å². The lowest BCUT2D eigenvalue weighted by Crippen LogP contribution is -2.04. The Morgan fingerprint density at radius 1 is 1.15 bits per heavy atom. The minimum atomic E-state index is -0.644. The molecular formula is C14H10ClF2N3. The summed E-state index contributed by atoms with van der Waals surface area (Å²) in [4.78, 5) is 8.64. The number of pyridine rings is 1. The molecule has 0 aliphatic rings. The third-order valence-electron chi connectivity index (χ3n) is 2.91. The maximum absolute atomic E-state index is 13.4. The second kappa shape index (κ2) is 5.17. The van der Waals surface area contributed by atoms with E-state index in [4.69, 9.17) is 11.6 Å². The quantitative estimate of drug-likeness (QED) is 0.692. The SMILES string of the molecule is Fc1cc(F)cc(-n2c(CCCl)nc3cccnc32)c1. The first kappa shape index (κ1) is 13.0. The highest BCUT2D eigenvalue weighted by Crippen LogP contribution is 2.22. The molecular weight excluding hydrogens is 284 g/mol. The van der Waals surface area contributed by atoms with Crippen molar-refractivity contribution in [2.75, 3.05) is 5.88 Å². The van der Waals surface area contributed by atoms with Gasteiger partial charge in [0.2, 0.25) is 0 Å². The van der Waals surface area contributed by atoms with Crippen LogP contribution in [-0.2, 0) is 6.42 Å². The highest BCUT2D eigenvalue weighted by molar-refractivity contribution is 6.17. The third-order valence-corrected chi connectivity index (χ3v) is 3.10. The number of aryl methyl sites for hydroxylation is 1. The van der Waals surface area contributed by atoms with E-state index in [1.807, 2.05) is 0 Å². The van der Waals surface area contributed by atoms with Crippen LogP contribution in [0.25, 0.3) is 16.9 Å². The van der Waals surface area contributed by atoms with Crippen molar-refractivity contribution in [1.82, 2.24) is 14.5 Å². The van der Waals surface area contributed by atoms with Crippen molar-refractivity contribution >= 4 is 22.8 Å². The van der Waals surface area contributed by atoms with E-state index in [0.717, 1.165) is 6.07 Å². The van der Waals surface area contributed by atoms with Crippen molar-refractivity contribution in [3.63, 3.8) is 0 Å². The second-order valence-electron chi connectivity index (χ2n) is 4.28. The molecule has 3 nitrogen and oxygen atoms in total. The Morgan fingerprint density at radius 2 is 1.90 bits per heavy atom. The van der Waals surface area contributed by atoms with Gasteiger partial charge in [-0.05, 0) is 24.3 Å². The molecule has 0 aliphatic heterocycles. The molecule has 0 saturated heterocycles. The predicted octanol–water partition coefficient (Wildman–Crippen LogP) is 3.48. The van der Waals surface area contributed by atoms with Crippen molar-refractivity contribution < 1.29 is 8.78 Å². The predicted molar refractivity (Wildman–Crippen MR) is 73.2 cm³/mol. The number of rotatable bonds is 3. The lowest BCUT2D eigenvalue weighted by Gasteiger charge is -2.08. The molecule has 0 unspecified atom stereocenters. The van der Waals surface area contributed by atoms with Crippen molar-refractivity contribution in [2.45, 2.75) is 6.42 Å². The Kier molecular flexibility index (Phi) is 3.36. The molecule has 1 aromatic carbocycles. The third kappa shape index (κ3) is 2.25. The van der Waals surface area contributed by atoms with Gasteiger partial charge in [-0.3, -0.25) is 4.57 Å². The summed E-state index contributed by atoms with van der Waals surface area (Å²) in [6, 6.07) is 6.88. The largest absolute Gasteiger partial charge is 0.280 e. The van der Waals surface area contributed by atoms with Crippen LogP contribution in [0.1, 0.15) is 5.82 Å². The van der Waals surface area contributed by atoms with Crippen molar-refractivity contribution in [3.05, 3.63) is 54.0 Å². The van der Waals surface area contributed by atoms with E-state index in [1.54, 1.807) is 22.9 Å². The molecule has 6 heteroatoms. The molecule has 0 N–H and O–H groups in total. The summed E-state index contributed by atoms with van der Waals surface area (Å²) in [7, 11) is 0. The molecule has 0 radical (unpaired) electrons. The van der Waals surface area contributed by atoms with Crippen LogP contribution >= 0.6 is 11.6 Å². The van der Waals surface area contributed by atoms with Gasteiger partial charge in [-0.15, -0.1) is 11.6 Å². The fraction of sp³-hybridized carbons (Fsp3) is 0.143. The van der Waals surface area contributed by atoms with E-state index in [9.17, 15) is 8.78 Å². The van der Waals surface area contributed by atoms with Crippen molar-refractivity contribution in [2.24, 2.45) is 0 Å². The first-order valence-corrected chi connectivity index (χ1v) is 6.57. The minimum absolute atomic E-state index is 0.351. The monoisotopic (exact) mass is 293 g/mol. The zero-order valence-corrected chi connectivity index (χ0v) is 11.1. The van der Waals surface area contributed by atoms with Gasteiger partial charge in [-0.1, -0.05) is 0 Å². The molecule has 20 heavy (non-hydrogen) atoms. The first-order valence-electron chi connectivity index (χ1n) is 6.04. The summed E-state index contributed by atoms with van der Waals surface area (Å²) in [5.74, 6) is -0.302. The van der Waals surface area contributed by atoms with E-state index in [1.165, 1.54) is 12.1 Å². The van der Waals surface area contributed by atoms with Crippen molar-refractivity contribution in [1.29, 1.82) is 0 Å². The van der Waals surface area contributed by atoms with Crippen LogP contribution in [0.3, 0.4) is 0 Å². The Hall–Kier alpha value is -2.01. The molecule has 0 atom stereocenters. The number of nitrogens with zero attached hydrogens (tertiary/aromatic N) is 3. The van der Waals surface area contributed by atoms with Gasteiger partial charge < -0.3 is 0 Å². The average Bonchev–Trinajstić information content (AvgIpc) is 2.76. The number of hydrogen-bond acceptors (Lipinski definition) is 2. The van der Waals surface area contributed by atoms with E-state index in [0.29, 0.717) is 35.0 Å². The smallest absolute Gasteiger partial charge is 0.164 e. The van der Waals surface area contributed by atoms with Crippen LogP contribution in [0.2, 0.25) is 0 Å². The van der Waals surface area contributed by atoms with E-state index in [2.05, 4.69) is 9.97 Å². The summed E-state index contributed by atoms with van der Waals surface area (Å²) in [6.45, 7) is 0. The maximum Gasteiger partial charge on any atom is 0.164 e. The summed E-state index contributed by atoms with van der Waals surface area (Å²) < 4.78 is 28.5. The van der Waals surface area contributed by atoms with E-state index in [-0.39, 0.29) is 0 Å². The molecule has 3 rings (SSSR count). The summed E-state index contributed by atoms with van der Waals surface area (Å²) >= 11 is 5.76. The lowest BCUT2D eigenvalue weighted by molar-refractivity contribution is 0.581. The van der Waals surface area contributed by atoms with Gasteiger partial charge in [-0.2, -0.15) is 0 Å². The van der Waals surface area contributed by atoms with Gasteiger partial charge >= 0.3 is 0 Å². The average molecular weight is 294 g/mol. The standard InChI is InChI=1S/C14H10ClF2N3/c15-4-3-13-19-12-2-1-5-18-14(12)20(13)11-7-9(16)6-10(17)8-11/h1-2,5-8H,3-4H2. The zero-order chi connectivity index (χ0) is 14.1. The van der Waals surface area contributed by atoms with Crippen LogP contribution < -0.4 is 0 Å². The normalized spacial score (nSPS) is 11.2. The number of halogens is 3. The van der Waals surface area contributed by atoms with Crippen LogP contribution in [0.5, 0.6) is 0 Å². The molecule has 2 aromatic heterocycles. The van der Waals surface area contributed by atoms with E-state index >= 15 is 0 Å². The summed E-state index contributed by atoms with van der Waals surface area (Å²) in [6.07, 6.45) is 2.09. The number of fused-ring (bicyclic) bond motifs is 1. The first-order chi connectivity index (χ1) is 9.69. The fourth-order valence-electron chi connectivity index (χ4n) is 2.15. The number of alkyl halides is 1. The fourth-order valence-corrected chi connectivity index (χ4v) is 2.32. The molecule has 102 valence electrons. The number of hydrogen-bond donors (Lipinski definition) is 0. The van der Waals surface area contributed by atoms with Crippen LogP contribution in [0.4, 0.5) is 8.78 Å². The molecule has 0 amide bonds. The Morgan fingerprint density at radius 3 is 2.60 bits per heavy atom. The minimum Gasteiger partial charge on any atom is -0.280 e. The highest BCUT2D eigenvalue weighted by Gasteiger charge is 2.14. The number of aromatic nitrogens is 3. The van der Waals surface area contributed by atoms with Gasteiger partial charge in [0.1, 0.15) is 23.0 Å². The Labute approximate surface area is 118 Å². The van der Waals surface area contributed by atoms with Gasteiger partial charge in [-0.25, -0.2) is 18.7 Å². The Balaban J connectivity index is 2.29. The van der Waals surface area contributed by atoms with E-state index < -0.39 is 11.6 Å². The number of benzene rings is 1. The topological polar surface area (TPSA) is 30.7 Å². The van der Waals surface area contributed by atoms with Crippen LogP contribution in [-0.4, -0.2) is 20.4 Å². The lowest BCUT2D eigenvalue weighted by atomic mass is 10.3. The Bertz CT molecular complexity index is 750. The highest BCUT2D eigenvalue weighted by atomic mass is 35.5. The van der Waals surface area contributed by atoms with Crippen LogP contribution in [0.15, 0.2) is 36.5 Å². The molecule has 0 bridgehead atoms. The molecule has 0 aliphatic carbocycles. The summed E-state index contributed by atoms with van der Waals surface area (Å²) in [5, 5.41) is 0. The molecule has 0 fully saturated rings. The van der Waals surface area contributed by atoms with Crippen molar-refractivity contribution in [3.8, 4) is 5.69 Å². The summed E-state index contributed by atoms with van der Waals surface area (Å²) in [5.41, 5.74) is 1.57. The van der Waals surface area contributed by atoms with Gasteiger partial charge in [0, 0.05) is 24.6 Å². The van der Waals surface area contributed by atoms with Crippen LogP contribution in [0, 0.1) is 11.6 Å². The molecule has 3 aromatic rings. The van der Waals surface area contributed by atoms with Gasteiger partial charge in [0.25, 0.3) is 0 Å². The molecule has 2 heterocycles. The molecule has 0 saturated carbocycles. The zero-order valence-electron chi connectivity index (χ0n) is 10.4. The number of imidazole rings is 1. The van der Waals surface area contributed by atoms with Gasteiger partial charge in [0.15, 0.2) is 5.65 Å². The second-order valence-corrected chi connectivity index (χ2v) is 4.65.